The minimum Gasteiger partial charge on any atom is -0.477 e. The van der Waals surface area contributed by atoms with E-state index in [0.29, 0.717) is 40.9 Å². The number of fused-ring (bicyclic) bond motifs is 1. The number of tetrazole rings is 1. The number of aliphatic hydroxyl groups excluding tert-OH is 1. The van der Waals surface area contributed by atoms with E-state index in [1.54, 1.807) is 36.4 Å². The van der Waals surface area contributed by atoms with Gasteiger partial charge in [0.15, 0.2) is 0 Å². The Kier molecular flexibility index (Phi) is 10.4. The number of halogens is 1. The monoisotopic (exact) mass is 784 g/mol. The van der Waals surface area contributed by atoms with Gasteiger partial charge in [-0.05, 0) is 83.4 Å². The maximum Gasteiger partial charge on any atom is 0.416 e. The molecule has 2 atom stereocenters. The number of anilines is 3. The molecule has 5 N–H and O–H groups in total. The smallest absolute Gasteiger partial charge is 0.416 e. The minimum atomic E-state index is -1.50. The number of urea groups is 1. The highest BCUT2D eigenvalue weighted by molar-refractivity contribution is 6.41. The molecule has 0 aliphatic carbocycles. The van der Waals surface area contributed by atoms with Gasteiger partial charge in [0.1, 0.15) is 18.1 Å². The zero-order valence-corrected chi connectivity index (χ0v) is 30.0. The van der Waals surface area contributed by atoms with Crippen LogP contribution in [-0.4, -0.2) is 124 Å². The van der Waals surface area contributed by atoms with Crippen molar-refractivity contribution < 1.29 is 44.1 Å². The molecule has 56 heavy (non-hydrogen) atoms. The molecule has 0 bridgehead atoms. The van der Waals surface area contributed by atoms with Crippen LogP contribution >= 0.6 is 11.6 Å². The van der Waals surface area contributed by atoms with E-state index in [-0.39, 0.29) is 59.4 Å². The molecule has 2 aliphatic heterocycles. The van der Waals surface area contributed by atoms with Crippen LogP contribution in [0.5, 0.6) is 0 Å². The Morgan fingerprint density at radius 1 is 0.875 bits per heavy atom. The molecule has 4 heterocycles. The molecule has 0 saturated carbocycles. The van der Waals surface area contributed by atoms with Gasteiger partial charge in [-0.15, -0.1) is 5.10 Å². The lowest BCUT2D eigenvalue weighted by Crippen LogP contribution is -2.60. The van der Waals surface area contributed by atoms with Gasteiger partial charge in [-0.25, -0.2) is 19.0 Å². The number of amides is 5. The molecule has 2 aliphatic rings. The van der Waals surface area contributed by atoms with Gasteiger partial charge in [-0.3, -0.25) is 14.4 Å². The van der Waals surface area contributed by atoms with Gasteiger partial charge in [-0.2, -0.15) is 4.68 Å². The standard InChI is InChI=1S/C36H33ClN10O9/c37-22-5-9-27(46-19-38-41-42-46)28(17-22)44-12-13-45(33(51)32(44)50)29(14-20-3-6-23(7-4-20)40-35(54)43-11-1-2-25(48)18-43)31(49)39-24-8-10-26-21(15-24)16-30(34(52)53)47(26)36(55)56/h3-10,15-17,19,25,29,48H,1-2,11-14,18H2,(H,39,49)(H,40,54)(H,52,53)(H,55,56). The summed E-state index contributed by atoms with van der Waals surface area (Å²) < 4.78 is 1.93. The summed E-state index contributed by atoms with van der Waals surface area (Å²) in [4.78, 5) is 82.3. The molecule has 19 nitrogen and oxygen atoms in total. The van der Waals surface area contributed by atoms with Gasteiger partial charge in [0.05, 0.1) is 23.0 Å². The molecule has 20 heteroatoms. The van der Waals surface area contributed by atoms with Gasteiger partial charge in [0, 0.05) is 54.4 Å². The molecule has 2 saturated heterocycles. The van der Waals surface area contributed by atoms with Crippen LogP contribution in [0.1, 0.15) is 28.9 Å². The molecule has 2 unspecified atom stereocenters. The SMILES string of the molecule is O=C(O)c1cc2cc(NC(=O)C(Cc3ccc(NC(=O)N4CCCC(O)C4)cc3)N3CCN(c4cc(Cl)ccc4-n4cnnn4)C(=O)C3=O)ccc2n1C(=O)O. The van der Waals surface area contributed by atoms with E-state index >= 15 is 0 Å². The van der Waals surface area contributed by atoms with Crippen molar-refractivity contribution in [3.63, 3.8) is 0 Å². The maximum absolute atomic E-state index is 14.2. The van der Waals surface area contributed by atoms with Crippen molar-refractivity contribution in [3.8, 4) is 5.69 Å². The summed E-state index contributed by atoms with van der Waals surface area (Å²) in [6.45, 7) is 0.609. The minimum absolute atomic E-state index is 0.0351. The van der Waals surface area contributed by atoms with E-state index in [1.807, 2.05) is 0 Å². The summed E-state index contributed by atoms with van der Waals surface area (Å²) in [6, 6.07) is 15.0. The van der Waals surface area contributed by atoms with Crippen molar-refractivity contribution in [3.05, 3.63) is 89.3 Å². The average Bonchev–Trinajstić information content (AvgIpc) is 3.85. The lowest BCUT2D eigenvalue weighted by molar-refractivity contribution is -0.149. The number of rotatable bonds is 9. The third-order valence-corrected chi connectivity index (χ3v) is 9.79. The maximum atomic E-state index is 14.2. The predicted octanol–water partition coefficient (Wildman–Crippen LogP) is 2.91. The first-order chi connectivity index (χ1) is 26.9. The second-order valence-electron chi connectivity index (χ2n) is 13.1. The zero-order valence-electron chi connectivity index (χ0n) is 29.3. The number of hydrogen-bond donors (Lipinski definition) is 5. The van der Waals surface area contributed by atoms with E-state index in [9.17, 15) is 44.1 Å². The first-order valence-corrected chi connectivity index (χ1v) is 17.7. The summed E-state index contributed by atoms with van der Waals surface area (Å²) in [5, 5.41) is 46.4. The second kappa shape index (κ2) is 15.5. The number of hydrogen-bond acceptors (Lipinski definition) is 10. The van der Waals surface area contributed by atoms with Crippen LogP contribution in [-0.2, 0) is 20.8 Å². The van der Waals surface area contributed by atoms with Crippen molar-refractivity contribution >= 4 is 75.4 Å². The summed E-state index contributed by atoms with van der Waals surface area (Å²) >= 11 is 6.29. The highest BCUT2D eigenvalue weighted by Crippen LogP contribution is 2.31. The Hall–Kier alpha value is -6.86. The Morgan fingerprint density at radius 2 is 1.64 bits per heavy atom. The molecule has 0 radical (unpaired) electrons. The molecule has 5 amide bonds. The first kappa shape index (κ1) is 37.5. The molecule has 7 rings (SSSR count). The summed E-state index contributed by atoms with van der Waals surface area (Å²) in [5.74, 6) is -4.07. The number of β-amino-alcohol motifs (C(OH)–C–C–N with tert-alkyl or cyclic N) is 1. The van der Waals surface area contributed by atoms with Gasteiger partial charge in [0.25, 0.3) is 0 Å². The topological polar surface area (TPSA) is 245 Å². The van der Waals surface area contributed by atoms with E-state index in [2.05, 4.69) is 26.2 Å². The van der Waals surface area contributed by atoms with Crippen molar-refractivity contribution in [1.29, 1.82) is 0 Å². The molecule has 5 aromatic rings. The Bertz CT molecular complexity index is 2370. The third-order valence-electron chi connectivity index (χ3n) is 9.55. The first-order valence-electron chi connectivity index (χ1n) is 17.3. The number of carbonyl (C=O) groups excluding carboxylic acids is 4. The van der Waals surface area contributed by atoms with Crippen LogP contribution in [0.4, 0.5) is 26.7 Å². The molecule has 288 valence electrons. The van der Waals surface area contributed by atoms with Gasteiger partial charge in [0.2, 0.25) is 5.91 Å². The number of aromatic carboxylic acids is 1. The lowest BCUT2D eigenvalue weighted by atomic mass is 10.0. The number of carbonyl (C=O) groups is 6. The summed E-state index contributed by atoms with van der Waals surface area (Å²) in [5.41, 5.74) is 1.44. The zero-order chi connectivity index (χ0) is 39.7. The molecule has 2 aromatic heterocycles. The van der Waals surface area contributed by atoms with Crippen LogP contribution < -0.4 is 15.5 Å². The van der Waals surface area contributed by atoms with Crippen LogP contribution in [0, 0.1) is 0 Å². The quantitative estimate of drug-likeness (QED) is 0.136. The van der Waals surface area contributed by atoms with E-state index in [1.165, 1.54) is 45.1 Å². The van der Waals surface area contributed by atoms with Gasteiger partial charge >= 0.3 is 29.9 Å². The van der Waals surface area contributed by atoms with Crippen molar-refractivity contribution in [1.82, 2.24) is 34.6 Å². The molecule has 2 fully saturated rings. The van der Waals surface area contributed by atoms with E-state index in [4.69, 9.17) is 11.6 Å². The fourth-order valence-electron chi connectivity index (χ4n) is 6.87. The van der Waals surface area contributed by atoms with Crippen LogP contribution in [0.15, 0.2) is 73.1 Å². The summed E-state index contributed by atoms with van der Waals surface area (Å²) in [6.07, 6.45) is 0.460. The van der Waals surface area contributed by atoms with Crippen molar-refractivity contribution in [2.24, 2.45) is 0 Å². The number of nitrogens with zero attached hydrogens (tertiary/aromatic N) is 8. The van der Waals surface area contributed by atoms with E-state index in [0.717, 1.165) is 11.0 Å². The fraction of sp³-hybridized carbons (Fsp3) is 0.250. The largest absolute Gasteiger partial charge is 0.477 e. The Morgan fingerprint density at radius 3 is 2.34 bits per heavy atom. The average molecular weight is 785 g/mol. The van der Waals surface area contributed by atoms with Crippen LogP contribution in [0.3, 0.4) is 0 Å². The number of carboxylic acid groups (broad SMARTS) is 2. The van der Waals surface area contributed by atoms with Crippen LogP contribution in [0.25, 0.3) is 16.6 Å². The number of aliphatic hydroxyl groups is 1. The summed E-state index contributed by atoms with van der Waals surface area (Å²) in [7, 11) is 0. The molecular weight excluding hydrogens is 752 g/mol. The number of carboxylic acids is 1. The Labute approximate surface area is 321 Å². The fourth-order valence-corrected chi connectivity index (χ4v) is 7.04. The number of piperidine rings is 1. The number of nitrogens with one attached hydrogen (secondary N) is 2. The van der Waals surface area contributed by atoms with Crippen LogP contribution in [0.2, 0.25) is 5.02 Å². The third kappa shape index (κ3) is 7.57. The normalized spacial score (nSPS) is 16.5. The van der Waals surface area contributed by atoms with Gasteiger partial charge in [-0.1, -0.05) is 23.7 Å². The highest BCUT2D eigenvalue weighted by atomic mass is 35.5. The molecule has 3 aromatic carbocycles. The van der Waals surface area contributed by atoms with E-state index < -0.39 is 47.6 Å². The number of aromatic nitrogens is 5. The number of piperazine rings is 1. The number of benzene rings is 3. The van der Waals surface area contributed by atoms with Crippen molar-refractivity contribution in [2.45, 2.75) is 31.4 Å². The van der Waals surface area contributed by atoms with Crippen molar-refractivity contribution in [2.75, 3.05) is 41.7 Å². The second-order valence-corrected chi connectivity index (χ2v) is 13.6. The molecule has 0 spiro atoms. The Balaban J connectivity index is 1.16. The van der Waals surface area contributed by atoms with Gasteiger partial charge < -0.3 is 40.7 Å². The number of likely N-dealkylation sites (tertiary alicyclic amines) is 1. The predicted molar refractivity (Wildman–Crippen MR) is 199 cm³/mol. The molecular formula is C36H33ClN10O9. The highest BCUT2D eigenvalue weighted by Gasteiger charge is 2.41. The lowest BCUT2D eigenvalue weighted by Gasteiger charge is -2.38.